The van der Waals surface area contributed by atoms with E-state index in [-0.39, 0.29) is 30.1 Å². The van der Waals surface area contributed by atoms with E-state index in [1.165, 1.54) is 7.11 Å². The van der Waals surface area contributed by atoms with Crippen molar-refractivity contribution in [2.45, 2.75) is 89.7 Å². The maximum atomic E-state index is 13.1. The van der Waals surface area contributed by atoms with Gasteiger partial charge in [0, 0.05) is 37.0 Å². The number of allylic oxidation sites excluding steroid dienone is 1. The van der Waals surface area contributed by atoms with E-state index in [1.54, 1.807) is 25.3 Å². The molecule has 0 aromatic carbocycles. The molecule has 3 heterocycles. The molecule has 2 bridgehead atoms. The number of esters is 2. The Morgan fingerprint density at radius 3 is 2.66 bits per heavy atom. The van der Waals surface area contributed by atoms with Crippen LogP contribution in [0, 0.1) is 23.7 Å². The molecule has 38 heavy (non-hydrogen) atoms. The van der Waals surface area contributed by atoms with Crippen LogP contribution in [0.25, 0.3) is 0 Å². The number of H-pyrrole nitrogens is 1. The van der Waals surface area contributed by atoms with E-state index in [1.807, 2.05) is 45.9 Å². The molecule has 3 N–H and O–H groups in total. The van der Waals surface area contributed by atoms with Crippen molar-refractivity contribution in [2.75, 3.05) is 7.11 Å². The smallest absolute Gasteiger partial charge is 0.355 e. The van der Waals surface area contributed by atoms with Crippen molar-refractivity contribution in [1.82, 2.24) is 4.98 Å². The van der Waals surface area contributed by atoms with E-state index in [0.717, 1.165) is 5.57 Å². The van der Waals surface area contributed by atoms with Gasteiger partial charge in [-0.25, -0.2) is 9.59 Å². The molecule has 1 saturated heterocycles. The minimum Gasteiger partial charge on any atom is -0.457 e. The monoisotopic (exact) mass is 531 g/mol. The van der Waals surface area contributed by atoms with Crippen LogP contribution in [0.15, 0.2) is 42.1 Å². The topological polar surface area (TPSA) is 127 Å². The number of cyclic esters (lactones) is 1. The van der Waals surface area contributed by atoms with Gasteiger partial charge in [0.25, 0.3) is 0 Å². The lowest BCUT2D eigenvalue weighted by molar-refractivity contribution is -0.172. The summed E-state index contributed by atoms with van der Waals surface area (Å²) in [7, 11) is 1.46. The summed E-state index contributed by atoms with van der Waals surface area (Å²) >= 11 is 0. The number of aliphatic hydroxyl groups excluding tert-OH is 2. The van der Waals surface area contributed by atoms with E-state index in [9.17, 15) is 19.8 Å². The highest BCUT2D eigenvalue weighted by molar-refractivity contribution is 5.87. The highest BCUT2D eigenvalue weighted by Gasteiger charge is 2.63. The van der Waals surface area contributed by atoms with Crippen molar-refractivity contribution in [3.05, 3.63) is 47.8 Å². The molecule has 2 fully saturated rings. The number of aromatic amines is 1. The van der Waals surface area contributed by atoms with Gasteiger partial charge in [-0.2, -0.15) is 0 Å². The van der Waals surface area contributed by atoms with Crippen molar-refractivity contribution in [1.29, 1.82) is 0 Å². The third-order valence-corrected chi connectivity index (χ3v) is 8.65. The zero-order valence-corrected chi connectivity index (χ0v) is 23.0. The summed E-state index contributed by atoms with van der Waals surface area (Å²) in [6, 6.07) is 3.37. The van der Waals surface area contributed by atoms with Crippen LogP contribution in [-0.2, 0) is 23.7 Å². The van der Waals surface area contributed by atoms with E-state index < -0.39 is 54.2 Å². The predicted molar refractivity (Wildman–Crippen MR) is 139 cm³/mol. The van der Waals surface area contributed by atoms with Crippen molar-refractivity contribution in [3.63, 3.8) is 0 Å². The fourth-order valence-corrected chi connectivity index (χ4v) is 6.80. The number of ether oxygens (including phenoxy) is 4. The van der Waals surface area contributed by atoms with Gasteiger partial charge in [0.15, 0.2) is 6.10 Å². The molecule has 9 nitrogen and oxygen atoms in total. The van der Waals surface area contributed by atoms with Gasteiger partial charge in [0.1, 0.15) is 23.5 Å². The second kappa shape index (κ2) is 11.3. The van der Waals surface area contributed by atoms with Crippen LogP contribution in [0.4, 0.5) is 0 Å². The number of methoxy groups -OCH3 is 1. The predicted octanol–water partition coefficient (Wildman–Crippen LogP) is 3.18. The summed E-state index contributed by atoms with van der Waals surface area (Å²) in [5.74, 6) is -2.41. The highest BCUT2D eigenvalue weighted by Crippen LogP contribution is 2.56. The van der Waals surface area contributed by atoms with Gasteiger partial charge < -0.3 is 34.1 Å². The van der Waals surface area contributed by atoms with E-state index in [2.05, 4.69) is 4.98 Å². The third-order valence-electron chi connectivity index (χ3n) is 8.65. The molecule has 1 aromatic rings. The second-order valence-electron chi connectivity index (χ2n) is 11.0. The minimum absolute atomic E-state index is 0.253. The summed E-state index contributed by atoms with van der Waals surface area (Å²) < 4.78 is 24.2. The fraction of sp³-hybridized carbons (Fsp3) is 0.655. The van der Waals surface area contributed by atoms with Crippen molar-refractivity contribution >= 4 is 11.9 Å². The van der Waals surface area contributed by atoms with Gasteiger partial charge in [-0.1, -0.05) is 32.1 Å². The summed E-state index contributed by atoms with van der Waals surface area (Å²) in [4.78, 5) is 28.8. The van der Waals surface area contributed by atoms with E-state index in [4.69, 9.17) is 18.9 Å². The van der Waals surface area contributed by atoms with Crippen LogP contribution in [0.5, 0.6) is 0 Å². The van der Waals surface area contributed by atoms with Crippen molar-refractivity contribution in [3.8, 4) is 0 Å². The first kappa shape index (κ1) is 28.5. The second-order valence-corrected chi connectivity index (χ2v) is 11.0. The Kier molecular flexibility index (Phi) is 8.52. The van der Waals surface area contributed by atoms with Crippen molar-refractivity contribution in [2.24, 2.45) is 23.7 Å². The number of carbonyl (C=O) groups excluding carboxylic acids is 2. The maximum absolute atomic E-state index is 13.1. The molecule has 1 aliphatic carbocycles. The van der Waals surface area contributed by atoms with Crippen LogP contribution in [0.1, 0.15) is 57.9 Å². The Balaban J connectivity index is 1.79. The number of hydrogen-bond acceptors (Lipinski definition) is 8. The number of nitrogens with one attached hydrogen (secondary N) is 1. The zero-order valence-electron chi connectivity index (χ0n) is 23.0. The first-order valence-electron chi connectivity index (χ1n) is 13.5. The number of fused-ring (bicyclic) bond motifs is 3. The van der Waals surface area contributed by atoms with Crippen LogP contribution < -0.4 is 0 Å². The average molecular weight is 532 g/mol. The van der Waals surface area contributed by atoms with Crippen molar-refractivity contribution < 1.29 is 38.7 Å². The summed E-state index contributed by atoms with van der Waals surface area (Å²) in [5.41, 5.74) is 0.230. The Morgan fingerprint density at radius 2 is 2.05 bits per heavy atom. The number of hydrogen-bond donors (Lipinski definition) is 3. The van der Waals surface area contributed by atoms with Gasteiger partial charge in [-0.15, -0.1) is 0 Å². The molecule has 4 rings (SSSR count). The fourth-order valence-electron chi connectivity index (χ4n) is 6.80. The first-order chi connectivity index (χ1) is 18.0. The molecule has 1 saturated carbocycles. The highest BCUT2D eigenvalue weighted by atomic mass is 16.6. The number of aromatic nitrogens is 1. The molecule has 11 atom stereocenters. The van der Waals surface area contributed by atoms with Crippen LogP contribution in [-0.4, -0.2) is 76.5 Å². The quantitative estimate of drug-likeness (QED) is 0.391. The summed E-state index contributed by atoms with van der Waals surface area (Å²) in [5, 5.41) is 22.1. The summed E-state index contributed by atoms with van der Waals surface area (Å²) in [6.45, 7) is 9.23. The normalized spacial score (nSPS) is 41.9. The van der Waals surface area contributed by atoms with E-state index >= 15 is 0 Å². The first-order valence-corrected chi connectivity index (χ1v) is 13.5. The van der Waals surface area contributed by atoms with Crippen LogP contribution in [0.3, 0.4) is 0 Å². The van der Waals surface area contributed by atoms with Gasteiger partial charge in [-0.05, 0) is 51.3 Å². The lowest BCUT2D eigenvalue weighted by Crippen LogP contribution is -2.53. The van der Waals surface area contributed by atoms with Gasteiger partial charge >= 0.3 is 11.9 Å². The Hall–Kier alpha value is -2.46. The largest absolute Gasteiger partial charge is 0.457 e. The van der Waals surface area contributed by atoms with Crippen LogP contribution >= 0.6 is 0 Å². The Labute approximate surface area is 224 Å². The van der Waals surface area contributed by atoms with Gasteiger partial charge in [-0.3, -0.25) is 0 Å². The molecule has 1 aromatic heterocycles. The summed E-state index contributed by atoms with van der Waals surface area (Å²) in [6.07, 6.45) is 3.78. The van der Waals surface area contributed by atoms with Crippen LogP contribution in [0.2, 0.25) is 0 Å². The SMILES string of the molecule is C/C=C\[C@@H]1C[C@H](OC)C(=O)O[C@H]([C@@H](C)O)[C@H](C)/C=C(\C)[C@]12O[C@@H]1C[C@H]2[C@H](O)[C@@H](C)[C@H]1OC(=O)c1ccc[nH]1. The average Bonchev–Trinajstić information content (AvgIpc) is 3.54. The van der Waals surface area contributed by atoms with Gasteiger partial charge in [0.05, 0.1) is 18.3 Å². The molecule has 0 radical (unpaired) electrons. The number of aliphatic hydroxyl groups is 2. The molecule has 1 spiro atoms. The maximum Gasteiger partial charge on any atom is 0.355 e. The molecular formula is C29H41NO8. The molecule has 3 aliphatic rings. The molecule has 0 amide bonds. The minimum atomic E-state index is -0.982. The molecule has 9 heteroatoms. The molecule has 0 unspecified atom stereocenters. The zero-order chi connectivity index (χ0) is 27.8. The standard InChI is InChI=1S/C29H41NO8/c1-7-9-19-13-23(35-6)28(34)36-25(18(5)31)15(2)12-16(3)29(19)20-14-22(38-29)26(17(4)24(20)32)37-27(33)21-10-8-11-30-21/h7-12,15,17-20,22-26,30-32H,13-14H2,1-6H3/b9-7-,16-12+/t15-,17-,18-,19-,20+,22-,23+,24-,25+,26-,29+/m1/s1. The molecule has 2 aliphatic heterocycles. The molecular weight excluding hydrogens is 490 g/mol. The van der Waals surface area contributed by atoms with Gasteiger partial charge in [0.2, 0.25) is 0 Å². The number of rotatable bonds is 5. The lowest BCUT2D eigenvalue weighted by Gasteiger charge is -2.45. The third kappa shape index (κ3) is 4.97. The lowest BCUT2D eigenvalue weighted by atomic mass is 9.63. The Bertz CT molecular complexity index is 1050. The molecule has 210 valence electrons. The number of carbonyl (C=O) groups is 2. The Morgan fingerprint density at radius 1 is 1.32 bits per heavy atom. The van der Waals surface area contributed by atoms with E-state index in [0.29, 0.717) is 12.1 Å².